The Hall–Kier alpha value is -2.73. The molecule has 1 aliphatic heterocycles. The van der Waals surface area contributed by atoms with Crippen LogP contribution in [0.3, 0.4) is 0 Å². The number of aliphatic hydroxyl groups is 1. The zero-order valence-corrected chi connectivity index (χ0v) is 13.8. The van der Waals surface area contributed by atoms with E-state index in [1.54, 1.807) is 35.2 Å². The predicted octanol–water partition coefficient (Wildman–Crippen LogP) is 2.20. The van der Waals surface area contributed by atoms with E-state index in [0.717, 1.165) is 11.3 Å². The first-order chi connectivity index (χ1) is 12.0. The third kappa shape index (κ3) is 3.53. The van der Waals surface area contributed by atoms with Crippen molar-refractivity contribution >= 4 is 17.5 Å². The maximum atomic E-state index is 13.6. The molecule has 0 spiro atoms. The van der Waals surface area contributed by atoms with Crippen molar-refractivity contribution in [2.75, 3.05) is 18.0 Å². The van der Waals surface area contributed by atoms with Crippen molar-refractivity contribution in [3.8, 4) is 0 Å². The van der Waals surface area contributed by atoms with E-state index in [4.69, 9.17) is 0 Å². The fourth-order valence-electron chi connectivity index (χ4n) is 3.02. The fraction of sp³-hybridized carbons (Fsp3) is 0.263. The highest BCUT2D eigenvalue weighted by atomic mass is 19.1. The van der Waals surface area contributed by atoms with Gasteiger partial charge in [-0.25, -0.2) is 4.39 Å². The molecule has 1 heterocycles. The summed E-state index contributed by atoms with van der Waals surface area (Å²) in [5.74, 6) is -0.880. The molecule has 2 N–H and O–H groups in total. The van der Waals surface area contributed by atoms with Crippen LogP contribution in [-0.2, 0) is 11.2 Å². The molecule has 1 unspecified atom stereocenters. The summed E-state index contributed by atoms with van der Waals surface area (Å²) >= 11 is 0. The van der Waals surface area contributed by atoms with Gasteiger partial charge in [0.2, 0.25) is 5.91 Å². The summed E-state index contributed by atoms with van der Waals surface area (Å²) in [4.78, 5) is 25.5. The second-order valence-electron chi connectivity index (χ2n) is 6.01. The highest BCUT2D eigenvalue weighted by Crippen LogP contribution is 2.29. The van der Waals surface area contributed by atoms with Gasteiger partial charge < -0.3 is 15.3 Å². The van der Waals surface area contributed by atoms with E-state index in [2.05, 4.69) is 5.32 Å². The Labute approximate surface area is 145 Å². The van der Waals surface area contributed by atoms with E-state index in [9.17, 15) is 19.1 Å². The molecule has 2 aromatic carbocycles. The maximum Gasteiger partial charge on any atom is 0.251 e. The number of rotatable bonds is 4. The maximum absolute atomic E-state index is 13.6. The third-order valence-corrected chi connectivity index (χ3v) is 4.34. The highest BCUT2D eigenvalue weighted by Gasteiger charge is 2.23. The van der Waals surface area contributed by atoms with E-state index in [1.165, 1.54) is 19.1 Å². The van der Waals surface area contributed by atoms with E-state index >= 15 is 0 Å². The summed E-state index contributed by atoms with van der Waals surface area (Å²) < 4.78 is 13.6. The average Bonchev–Trinajstić information content (AvgIpc) is 3.03. The van der Waals surface area contributed by atoms with Crippen molar-refractivity contribution in [1.82, 2.24) is 5.32 Å². The highest BCUT2D eigenvalue weighted by molar-refractivity contribution is 5.97. The molecular formula is C19H19FN2O3. The topological polar surface area (TPSA) is 69.6 Å². The van der Waals surface area contributed by atoms with Crippen LogP contribution in [0.15, 0.2) is 42.5 Å². The van der Waals surface area contributed by atoms with E-state index < -0.39 is 11.9 Å². The lowest BCUT2D eigenvalue weighted by Gasteiger charge is -2.15. The lowest BCUT2D eigenvalue weighted by Crippen LogP contribution is -2.29. The molecule has 0 saturated carbocycles. The van der Waals surface area contributed by atoms with Gasteiger partial charge >= 0.3 is 0 Å². The van der Waals surface area contributed by atoms with Crippen molar-refractivity contribution < 1.29 is 19.1 Å². The molecule has 0 radical (unpaired) electrons. The monoisotopic (exact) mass is 342 g/mol. The van der Waals surface area contributed by atoms with Gasteiger partial charge in [-0.1, -0.05) is 18.2 Å². The van der Waals surface area contributed by atoms with E-state index in [0.29, 0.717) is 18.5 Å². The second-order valence-corrected chi connectivity index (χ2v) is 6.01. The lowest BCUT2D eigenvalue weighted by atomic mass is 10.1. The number of anilines is 1. The normalized spacial score (nSPS) is 14.1. The number of carbonyl (C=O) groups is 2. The first kappa shape index (κ1) is 17.1. The first-order valence-electron chi connectivity index (χ1n) is 8.09. The van der Waals surface area contributed by atoms with Gasteiger partial charge in [-0.2, -0.15) is 0 Å². The predicted molar refractivity (Wildman–Crippen MR) is 91.9 cm³/mol. The number of nitrogens with one attached hydrogen (secondary N) is 1. The molecule has 1 atom stereocenters. The van der Waals surface area contributed by atoms with Gasteiger partial charge in [0.15, 0.2) is 0 Å². The van der Waals surface area contributed by atoms with Crippen LogP contribution in [-0.4, -0.2) is 30.0 Å². The van der Waals surface area contributed by atoms with Crippen LogP contribution < -0.4 is 10.2 Å². The minimum Gasteiger partial charge on any atom is -0.386 e. The Morgan fingerprint density at radius 1 is 1.28 bits per heavy atom. The summed E-state index contributed by atoms with van der Waals surface area (Å²) in [6.07, 6.45) is -0.416. The van der Waals surface area contributed by atoms with Crippen molar-refractivity contribution in [2.45, 2.75) is 19.4 Å². The molecular weight excluding hydrogens is 323 g/mol. The van der Waals surface area contributed by atoms with Crippen LogP contribution in [0.4, 0.5) is 10.1 Å². The Morgan fingerprint density at radius 2 is 2.04 bits per heavy atom. The van der Waals surface area contributed by atoms with Crippen molar-refractivity contribution in [3.05, 3.63) is 65.0 Å². The molecule has 2 amide bonds. The number of carbonyl (C=O) groups excluding carboxylic acids is 2. The second kappa shape index (κ2) is 7.03. The number of hydrogen-bond donors (Lipinski definition) is 2. The molecule has 0 aromatic heterocycles. The first-order valence-corrected chi connectivity index (χ1v) is 8.09. The summed E-state index contributed by atoms with van der Waals surface area (Å²) in [5, 5.41) is 12.7. The van der Waals surface area contributed by atoms with Gasteiger partial charge in [-0.05, 0) is 36.2 Å². The van der Waals surface area contributed by atoms with Gasteiger partial charge in [-0.3, -0.25) is 9.59 Å². The van der Waals surface area contributed by atoms with Crippen LogP contribution in [0.2, 0.25) is 0 Å². The van der Waals surface area contributed by atoms with Crippen LogP contribution in [0.1, 0.15) is 34.5 Å². The Balaban J connectivity index is 1.66. The summed E-state index contributed by atoms with van der Waals surface area (Å²) in [6, 6.07) is 11.1. The van der Waals surface area contributed by atoms with Crippen molar-refractivity contribution in [1.29, 1.82) is 0 Å². The fourth-order valence-corrected chi connectivity index (χ4v) is 3.02. The number of benzene rings is 2. The molecule has 0 aliphatic carbocycles. The van der Waals surface area contributed by atoms with Gasteiger partial charge in [-0.15, -0.1) is 0 Å². The number of fused-ring (bicyclic) bond motifs is 1. The molecule has 6 heteroatoms. The van der Waals surface area contributed by atoms with E-state index in [-0.39, 0.29) is 23.9 Å². The standard InChI is InChI=1S/C19H19FN2O3/c1-12(23)22-9-8-13-10-14(6-7-17(13)22)19(25)21-11-18(24)15-4-2-3-5-16(15)20/h2-7,10,18,24H,8-9,11H2,1H3,(H,21,25). The quantitative estimate of drug-likeness (QED) is 0.895. The molecule has 1 aliphatic rings. The minimum atomic E-state index is -1.12. The molecule has 0 bridgehead atoms. The summed E-state index contributed by atoms with van der Waals surface area (Å²) in [5.41, 5.74) is 2.37. The molecule has 5 nitrogen and oxygen atoms in total. The number of nitrogens with zero attached hydrogens (tertiary/aromatic N) is 1. The van der Waals surface area contributed by atoms with Crippen molar-refractivity contribution in [2.24, 2.45) is 0 Å². The molecule has 0 fully saturated rings. The van der Waals surface area contributed by atoms with Crippen molar-refractivity contribution in [3.63, 3.8) is 0 Å². The van der Waals surface area contributed by atoms with Crippen LogP contribution in [0.25, 0.3) is 0 Å². The van der Waals surface area contributed by atoms with Crippen LogP contribution in [0.5, 0.6) is 0 Å². The largest absolute Gasteiger partial charge is 0.386 e. The number of amides is 2. The van der Waals surface area contributed by atoms with Gasteiger partial charge in [0, 0.05) is 36.8 Å². The molecule has 0 saturated heterocycles. The third-order valence-electron chi connectivity index (χ3n) is 4.34. The average molecular weight is 342 g/mol. The van der Waals surface area contributed by atoms with E-state index in [1.807, 2.05) is 0 Å². The zero-order valence-electron chi connectivity index (χ0n) is 13.8. The smallest absolute Gasteiger partial charge is 0.251 e. The Morgan fingerprint density at radius 3 is 2.76 bits per heavy atom. The number of halogens is 1. The zero-order chi connectivity index (χ0) is 18.0. The molecule has 2 aromatic rings. The minimum absolute atomic E-state index is 0.0241. The number of aliphatic hydroxyl groups excluding tert-OH is 1. The van der Waals surface area contributed by atoms with Crippen LogP contribution >= 0.6 is 0 Å². The summed E-state index contributed by atoms with van der Waals surface area (Å²) in [7, 11) is 0. The molecule has 25 heavy (non-hydrogen) atoms. The Bertz CT molecular complexity index is 822. The number of hydrogen-bond acceptors (Lipinski definition) is 3. The lowest BCUT2D eigenvalue weighted by molar-refractivity contribution is -0.116. The van der Waals surface area contributed by atoms with Crippen LogP contribution in [0, 0.1) is 5.82 Å². The van der Waals surface area contributed by atoms with Gasteiger partial charge in [0.25, 0.3) is 5.91 Å². The molecule has 130 valence electrons. The SMILES string of the molecule is CC(=O)N1CCc2cc(C(=O)NCC(O)c3ccccc3F)ccc21. The Kier molecular flexibility index (Phi) is 4.81. The molecule has 3 rings (SSSR count). The van der Waals surface area contributed by atoms with Gasteiger partial charge in [0.1, 0.15) is 5.82 Å². The van der Waals surface area contributed by atoms with Gasteiger partial charge in [0.05, 0.1) is 6.10 Å². The summed E-state index contributed by atoms with van der Waals surface area (Å²) in [6.45, 7) is 2.04.